The predicted molar refractivity (Wildman–Crippen MR) is 85.9 cm³/mol. The van der Waals surface area contributed by atoms with Gasteiger partial charge < -0.3 is 9.84 Å². The van der Waals surface area contributed by atoms with Gasteiger partial charge in [0.05, 0.1) is 13.2 Å². The number of hydrogen-bond donors (Lipinski definition) is 1. The zero-order chi connectivity index (χ0) is 15.4. The summed E-state index contributed by atoms with van der Waals surface area (Å²) in [6, 6.07) is 14.4. The quantitative estimate of drug-likeness (QED) is 0.921. The summed E-state index contributed by atoms with van der Waals surface area (Å²) in [6.07, 6.45) is 3.23. The minimum Gasteiger partial charge on any atom is -0.497 e. The van der Waals surface area contributed by atoms with E-state index in [1.165, 1.54) is 5.56 Å². The highest BCUT2D eigenvalue weighted by Crippen LogP contribution is 2.33. The second-order valence-electron chi connectivity index (χ2n) is 5.75. The maximum absolute atomic E-state index is 10.1. The molecule has 4 nitrogen and oxygen atoms in total. The number of aromatic nitrogens is 1. The molecule has 0 saturated carbocycles. The summed E-state index contributed by atoms with van der Waals surface area (Å²) in [4.78, 5) is 6.72. The van der Waals surface area contributed by atoms with Crippen molar-refractivity contribution in [1.29, 1.82) is 0 Å². The maximum Gasteiger partial charge on any atom is 0.119 e. The van der Waals surface area contributed by atoms with Crippen LogP contribution in [-0.4, -0.2) is 41.3 Å². The summed E-state index contributed by atoms with van der Waals surface area (Å²) < 4.78 is 5.31. The number of β-amino-alcohol motifs (C(OH)–C–C–N with tert-alkyl or cyclic N) is 1. The molecule has 0 spiro atoms. The van der Waals surface area contributed by atoms with Gasteiger partial charge in [0.25, 0.3) is 0 Å². The van der Waals surface area contributed by atoms with Gasteiger partial charge in [0.2, 0.25) is 0 Å². The summed E-state index contributed by atoms with van der Waals surface area (Å²) in [6.45, 7) is 1.62. The molecule has 1 aliphatic heterocycles. The van der Waals surface area contributed by atoms with Gasteiger partial charge in [-0.3, -0.25) is 9.88 Å². The van der Waals surface area contributed by atoms with Crippen LogP contribution in [-0.2, 0) is 6.42 Å². The van der Waals surface area contributed by atoms with Gasteiger partial charge in [0.1, 0.15) is 5.75 Å². The Kier molecular flexibility index (Phi) is 4.71. The fourth-order valence-electron chi connectivity index (χ4n) is 3.13. The molecule has 0 radical (unpaired) electrons. The van der Waals surface area contributed by atoms with Gasteiger partial charge in [0, 0.05) is 37.4 Å². The van der Waals surface area contributed by atoms with Gasteiger partial charge in [-0.05, 0) is 36.2 Å². The van der Waals surface area contributed by atoms with E-state index in [-0.39, 0.29) is 12.1 Å². The first-order valence-electron chi connectivity index (χ1n) is 7.72. The second-order valence-corrected chi connectivity index (χ2v) is 5.75. The number of aliphatic hydroxyl groups excluding tert-OH is 1. The third-order valence-corrected chi connectivity index (χ3v) is 4.24. The SMILES string of the molecule is COc1cccc(C2CC(O)CN2CCc2ccccn2)c1. The highest BCUT2D eigenvalue weighted by atomic mass is 16.5. The molecule has 1 fully saturated rings. The molecule has 2 aromatic rings. The number of nitrogens with zero attached hydrogens (tertiary/aromatic N) is 2. The van der Waals surface area contributed by atoms with Crippen LogP contribution < -0.4 is 4.74 Å². The molecule has 2 atom stereocenters. The molecule has 2 unspecified atom stereocenters. The number of rotatable bonds is 5. The van der Waals surface area contributed by atoms with Crippen LogP contribution >= 0.6 is 0 Å². The first-order chi connectivity index (χ1) is 10.8. The number of likely N-dealkylation sites (tertiary alicyclic amines) is 1. The van der Waals surface area contributed by atoms with E-state index in [0.717, 1.165) is 30.8 Å². The zero-order valence-electron chi connectivity index (χ0n) is 12.9. The summed E-state index contributed by atoms with van der Waals surface area (Å²) in [7, 11) is 1.68. The molecule has 1 aromatic carbocycles. The number of hydrogen-bond acceptors (Lipinski definition) is 4. The van der Waals surface area contributed by atoms with E-state index in [1.807, 2.05) is 36.5 Å². The van der Waals surface area contributed by atoms with Crippen molar-refractivity contribution < 1.29 is 9.84 Å². The Morgan fingerprint density at radius 1 is 1.27 bits per heavy atom. The lowest BCUT2D eigenvalue weighted by molar-refractivity contribution is 0.175. The lowest BCUT2D eigenvalue weighted by Gasteiger charge is -2.24. The first-order valence-corrected chi connectivity index (χ1v) is 7.72. The van der Waals surface area contributed by atoms with E-state index in [4.69, 9.17) is 4.74 Å². The highest BCUT2D eigenvalue weighted by molar-refractivity contribution is 5.31. The molecule has 4 heteroatoms. The van der Waals surface area contributed by atoms with E-state index >= 15 is 0 Å². The molecule has 2 heterocycles. The van der Waals surface area contributed by atoms with Crippen molar-refractivity contribution in [3.8, 4) is 5.75 Å². The maximum atomic E-state index is 10.1. The van der Waals surface area contributed by atoms with Crippen molar-refractivity contribution >= 4 is 0 Å². The van der Waals surface area contributed by atoms with E-state index < -0.39 is 0 Å². The number of ether oxygens (including phenoxy) is 1. The van der Waals surface area contributed by atoms with Crippen LogP contribution in [0.25, 0.3) is 0 Å². The van der Waals surface area contributed by atoms with Crippen LogP contribution in [0.15, 0.2) is 48.7 Å². The van der Waals surface area contributed by atoms with E-state index in [0.29, 0.717) is 6.54 Å². The van der Waals surface area contributed by atoms with Crippen molar-refractivity contribution in [2.24, 2.45) is 0 Å². The van der Waals surface area contributed by atoms with Crippen molar-refractivity contribution in [2.45, 2.75) is 25.0 Å². The lowest BCUT2D eigenvalue weighted by atomic mass is 10.0. The van der Waals surface area contributed by atoms with E-state index in [9.17, 15) is 5.11 Å². The van der Waals surface area contributed by atoms with Crippen LogP contribution in [0.2, 0.25) is 0 Å². The van der Waals surface area contributed by atoms with E-state index in [1.54, 1.807) is 7.11 Å². The Morgan fingerprint density at radius 2 is 2.18 bits per heavy atom. The monoisotopic (exact) mass is 298 g/mol. The molecule has 1 N–H and O–H groups in total. The van der Waals surface area contributed by atoms with Crippen LogP contribution in [0.1, 0.15) is 23.7 Å². The average molecular weight is 298 g/mol. The minimum absolute atomic E-state index is 0.244. The topological polar surface area (TPSA) is 45.6 Å². The smallest absolute Gasteiger partial charge is 0.119 e. The molecule has 0 amide bonds. The first kappa shape index (κ1) is 15.0. The van der Waals surface area contributed by atoms with Gasteiger partial charge in [0.15, 0.2) is 0 Å². The Balaban J connectivity index is 1.71. The Hall–Kier alpha value is -1.91. The van der Waals surface area contributed by atoms with Crippen molar-refractivity contribution in [1.82, 2.24) is 9.88 Å². The van der Waals surface area contributed by atoms with Crippen molar-refractivity contribution in [3.05, 3.63) is 59.9 Å². The highest BCUT2D eigenvalue weighted by Gasteiger charge is 2.31. The molecule has 116 valence electrons. The molecule has 0 bridgehead atoms. The third kappa shape index (κ3) is 3.46. The number of methoxy groups -OCH3 is 1. The Bertz CT molecular complexity index is 603. The van der Waals surface area contributed by atoms with Crippen LogP contribution in [0, 0.1) is 0 Å². The van der Waals surface area contributed by atoms with Gasteiger partial charge in [-0.25, -0.2) is 0 Å². The number of benzene rings is 1. The third-order valence-electron chi connectivity index (χ3n) is 4.24. The molecule has 22 heavy (non-hydrogen) atoms. The minimum atomic E-state index is -0.264. The standard InChI is InChI=1S/C18H22N2O2/c1-22-17-7-4-5-14(11-17)18-12-16(21)13-20(18)10-8-15-6-2-3-9-19-15/h2-7,9,11,16,18,21H,8,10,12-13H2,1H3. The lowest BCUT2D eigenvalue weighted by Crippen LogP contribution is -2.27. The molecule has 1 aromatic heterocycles. The van der Waals surface area contributed by atoms with Gasteiger partial charge in [-0.2, -0.15) is 0 Å². The Labute approximate surface area is 131 Å². The largest absolute Gasteiger partial charge is 0.497 e. The predicted octanol–water partition coefficient (Wildman–Crippen LogP) is 2.44. The molecule has 0 aliphatic carbocycles. The van der Waals surface area contributed by atoms with Crippen LogP contribution in [0.3, 0.4) is 0 Å². The summed E-state index contributed by atoms with van der Waals surface area (Å²) in [5.41, 5.74) is 2.30. The molecule has 3 rings (SSSR count). The van der Waals surface area contributed by atoms with Crippen molar-refractivity contribution in [2.75, 3.05) is 20.2 Å². The average Bonchev–Trinajstić information content (AvgIpc) is 2.95. The molecule has 1 aliphatic rings. The number of pyridine rings is 1. The molecular formula is C18H22N2O2. The Morgan fingerprint density at radius 3 is 2.95 bits per heavy atom. The summed E-state index contributed by atoms with van der Waals surface area (Å²) in [5.74, 6) is 0.864. The normalized spacial score (nSPS) is 21.9. The van der Waals surface area contributed by atoms with Crippen LogP contribution in [0.5, 0.6) is 5.75 Å². The van der Waals surface area contributed by atoms with Crippen molar-refractivity contribution in [3.63, 3.8) is 0 Å². The molecular weight excluding hydrogens is 276 g/mol. The molecule has 1 saturated heterocycles. The fourth-order valence-corrected chi connectivity index (χ4v) is 3.13. The van der Waals surface area contributed by atoms with Gasteiger partial charge in [-0.1, -0.05) is 18.2 Å². The van der Waals surface area contributed by atoms with Gasteiger partial charge >= 0.3 is 0 Å². The fraction of sp³-hybridized carbons (Fsp3) is 0.389. The number of aliphatic hydroxyl groups is 1. The zero-order valence-corrected chi connectivity index (χ0v) is 12.9. The van der Waals surface area contributed by atoms with Gasteiger partial charge in [-0.15, -0.1) is 0 Å². The van der Waals surface area contributed by atoms with Crippen LogP contribution in [0.4, 0.5) is 0 Å². The summed E-state index contributed by atoms with van der Waals surface area (Å²) >= 11 is 0. The second kappa shape index (κ2) is 6.90. The van der Waals surface area contributed by atoms with E-state index in [2.05, 4.69) is 22.0 Å². The summed E-state index contributed by atoms with van der Waals surface area (Å²) in [5, 5.41) is 10.1.